The number of benzene rings is 2. The Hall–Kier alpha value is -1.38. The van der Waals surface area contributed by atoms with Crippen molar-refractivity contribution in [2.75, 3.05) is 13.6 Å². The van der Waals surface area contributed by atoms with Crippen LogP contribution in [0.3, 0.4) is 0 Å². The standard InChI is InChI=1S/C14H18N2/c1-16-14(9-10-15)13-8-4-6-11-5-2-3-7-12(11)13/h2-8,14,16H,9-10,15H2,1H3. The van der Waals surface area contributed by atoms with Gasteiger partial charge in [-0.05, 0) is 36.3 Å². The van der Waals surface area contributed by atoms with Gasteiger partial charge in [-0.25, -0.2) is 0 Å². The normalized spacial score (nSPS) is 12.9. The third-order valence-corrected chi connectivity index (χ3v) is 3.00. The van der Waals surface area contributed by atoms with Gasteiger partial charge in [-0.15, -0.1) is 0 Å². The van der Waals surface area contributed by atoms with Gasteiger partial charge < -0.3 is 11.1 Å². The number of nitrogens with one attached hydrogen (secondary N) is 1. The second kappa shape index (κ2) is 5.10. The zero-order valence-corrected chi connectivity index (χ0v) is 9.61. The van der Waals surface area contributed by atoms with Gasteiger partial charge in [0.25, 0.3) is 0 Å². The van der Waals surface area contributed by atoms with Gasteiger partial charge in [0.1, 0.15) is 0 Å². The van der Waals surface area contributed by atoms with E-state index in [2.05, 4.69) is 47.8 Å². The maximum Gasteiger partial charge on any atom is 0.0335 e. The van der Waals surface area contributed by atoms with Crippen molar-refractivity contribution in [1.29, 1.82) is 0 Å². The molecule has 0 saturated heterocycles. The lowest BCUT2D eigenvalue weighted by Gasteiger charge is -2.17. The fourth-order valence-corrected chi connectivity index (χ4v) is 2.18. The molecular formula is C14H18N2. The molecule has 0 amide bonds. The van der Waals surface area contributed by atoms with Crippen molar-refractivity contribution < 1.29 is 0 Å². The molecule has 1 unspecified atom stereocenters. The Labute approximate surface area is 96.5 Å². The van der Waals surface area contributed by atoms with Crippen molar-refractivity contribution in [2.24, 2.45) is 5.73 Å². The average molecular weight is 214 g/mol. The zero-order chi connectivity index (χ0) is 11.4. The van der Waals surface area contributed by atoms with Crippen LogP contribution in [0.25, 0.3) is 10.8 Å². The average Bonchev–Trinajstić information content (AvgIpc) is 2.35. The first kappa shape index (κ1) is 11.1. The summed E-state index contributed by atoms with van der Waals surface area (Å²) in [5.74, 6) is 0. The third kappa shape index (κ3) is 2.08. The molecule has 0 heterocycles. The Morgan fingerprint density at radius 1 is 1.12 bits per heavy atom. The van der Waals surface area contributed by atoms with E-state index in [-0.39, 0.29) is 0 Å². The maximum absolute atomic E-state index is 5.65. The molecule has 0 radical (unpaired) electrons. The molecule has 2 aromatic carbocycles. The molecule has 2 rings (SSSR count). The first-order chi connectivity index (χ1) is 7.86. The number of hydrogen-bond donors (Lipinski definition) is 2. The van der Waals surface area contributed by atoms with E-state index in [4.69, 9.17) is 5.73 Å². The fraction of sp³-hybridized carbons (Fsp3) is 0.286. The first-order valence-corrected chi connectivity index (χ1v) is 5.72. The Kier molecular flexibility index (Phi) is 3.54. The van der Waals surface area contributed by atoms with Crippen LogP contribution in [-0.4, -0.2) is 13.6 Å². The van der Waals surface area contributed by atoms with E-state index in [0.717, 1.165) is 6.42 Å². The van der Waals surface area contributed by atoms with Crippen molar-refractivity contribution in [3.8, 4) is 0 Å². The van der Waals surface area contributed by atoms with Crippen LogP contribution in [0.4, 0.5) is 0 Å². The highest BCUT2D eigenvalue weighted by Crippen LogP contribution is 2.25. The molecule has 0 aliphatic rings. The lowest BCUT2D eigenvalue weighted by molar-refractivity contribution is 0.560. The highest BCUT2D eigenvalue weighted by molar-refractivity contribution is 5.86. The van der Waals surface area contributed by atoms with Crippen LogP contribution in [-0.2, 0) is 0 Å². The molecule has 2 aromatic rings. The second-order valence-electron chi connectivity index (χ2n) is 3.99. The second-order valence-corrected chi connectivity index (χ2v) is 3.99. The van der Waals surface area contributed by atoms with Crippen molar-refractivity contribution in [2.45, 2.75) is 12.5 Å². The van der Waals surface area contributed by atoms with Gasteiger partial charge in [-0.3, -0.25) is 0 Å². The highest BCUT2D eigenvalue weighted by Gasteiger charge is 2.10. The molecule has 0 bridgehead atoms. The van der Waals surface area contributed by atoms with Gasteiger partial charge in [0.2, 0.25) is 0 Å². The van der Waals surface area contributed by atoms with Crippen LogP contribution in [0.5, 0.6) is 0 Å². The molecule has 1 atom stereocenters. The smallest absolute Gasteiger partial charge is 0.0335 e. The van der Waals surface area contributed by atoms with Crippen LogP contribution >= 0.6 is 0 Å². The predicted octanol–water partition coefficient (Wildman–Crippen LogP) is 2.45. The van der Waals surface area contributed by atoms with Crippen LogP contribution < -0.4 is 11.1 Å². The molecule has 0 spiro atoms. The SMILES string of the molecule is CNC(CCN)c1cccc2ccccc12. The number of hydrogen-bond acceptors (Lipinski definition) is 2. The molecule has 2 nitrogen and oxygen atoms in total. The van der Waals surface area contributed by atoms with Gasteiger partial charge in [0.05, 0.1) is 0 Å². The summed E-state index contributed by atoms with van der Waals surface area (Å²) in [7, 11) is 1.99. The van der Waals surface area contributed by atoms with E-state index < -0.39 is 0 Å². The van der Waals surface area contributed by atoms with Gasteiger partial charge in [0, 0.05) is 6.04 Å². The largest absolute Gasteiger partial charge is 0.330 e. The quantitative estimate of drug-likeness (QED) is 0.820. The molecule has 16 heavy (non-hydrogen) atoms. The van der Waals surface area contributed by atoms with E-state index >= 15 is 0 Å². The molecule has 2 heteroatoms. The summed E-state index contributed by atoms with van der Waals surface area (Å²) in [6.07, 6.45) is 0.963. The lowest BCUT2D eigenvalue weighted by atomic mass is 9.97. The minimum Gasteiger partial charge on any atom is -0.330 e. The van der Waals surface area contributed by atoms with Crippen molar-refractivity contribution >= 4 is 10.8 Å². The van der Waals surface area contributed by atoms with E-state index in [1.54, 1.807) is 0 Å². The molecule has 84 valence electrons. The van der Waals surface area contributed by atoms with Gasteiger partial charge in [-0.1, -0.05) is 42.5 Å². The van der Waals surface area contributed by atoms with Crippen molar-refractivity contribution in [1.82, 2.24) is 5.32 Å². The Bertz CT molecular complexity index is 460. The molecule has 3 N–H and O–H groups in total. The number of fused-ring (bicyclic) bond motifs is 1. The molecule has 0 aromatic heterocycles. The Morgan fingerprint density at radius 2 is 1.88 bits per heavy atom. The predicted molar refractivity (Wildman–Crippen MR) is 69.4 cm³/mol. The minimum atomic E-state index is 0.344. The van der Waals surface area contributed by atoms with E-state index in [9.17, 15) is 0 Å². The summed E-state index contributed by atoms with van der Waals surface area (Å²) in [6.45, 7) is 0.703. The first-order valence-electron chi connectivity index (χ1n) is 5.72. The van der Waals surface area contributed by atoms with Crippen LogP contribution in [0, 0.1) is 0 Å². The van der Waals surface area contributed by atoms with Crippen molar-refractivity contribution in [3.63, 3.8) is 0 Å². The lowest BCUT2D eigenvalue weighted by Crippen LogP contribution is -2.20. The van der Waals surface area contributed by atoms with Gasteiger partial charge in [0.15, 0.2) is 0 Å². The summed E-state index contributed by atoms with van der Waals surface area (Å²) >= 11 is 0. The maximum atomic E-state index is 5.65. The molecule has 0 aliphatic carbocycles. The molecule has 0 aliphatic heterocycles. The molecule has 0 fully saturated rings. The highest BCUT2D eigenvalue weighted by atomic mass is 14.9. The zero-order valence-electron chi connectivity index (χ0n) is 9.61. The van der Waals surface area contributed by atoms with E-state index in [1.807, 2.05) is 7.05 Å². The van der Waals surface area contributed by atoms with Crippen LogP contribution in [0.1, 0.15) is 18.0 Å². The molecule has 0 saturated carbocycles. The summed E-state index contributed by atoms with van der Waals surface area (Å²) in [5.41, 5.74) is 6.99. The van der Waals surface area contributed by atoms with Gasteiger partial charge in [-0.2, -0.15) is 0 Å². The summed E-state index contributed by atoms with van der Waals surface area (Å²) in [5, 5.41) is 5.94. The Balaban J connectivity index is 2.50. The minimum absolute atomic E-state index is 0.344. The fourth-order valence-electron chi connectivity index (χ4n) is 2.18. The monoisotopic (exact) mass is 214 g/mol. The summed E-state index contributed by atoms with van der Waals surface area (Å²) in [4.78, 5) is 0. The summed E-state index contributed by atoms with van der Waals surface area (Å²) < 4.78 is 0. The third-order valence-electron chi connectivity index (χ3n) is 3.00. The number of rotatable bonds is 4. The van der Waals surface area contributed by atoms with Crippen LogP contribution in [0.15, 0.2) is 42.5 Å². The Morgan fingerprint density at radius 3 is 2.62 bits per heavy atom. The van der Waals surface area contributed by atoms with Crippen molar-refractivity contribution in [3.05, 3.63) is 48.0 Å². The van der Waals surface area contributed by atoms with Gasteiger partial charge >= 0.3 is 0 Å². The van der Waals surface area contributed by atoms with E-state index in [1.165, 1.54) is 16.3 Å². The molecular weight excluding hydrogens is 196 g/mol. The van der Waals surface area contributed by atoms with E-state index in [0.29, 0.717) is 12.6 Å². The summed E-state index contributed by atoms with van der Waals surface area (Å²) in [6, 6.07) is 15.3. The topological polar surface area (TPSA) is 38.0 Å². The van der Waals surface area contributed by atoms with Crippen LogP contribution in [0.2, 0.25) is 0 Å². The number of nitrogens with two attached hydrogens (primary N) is 1.